The summed E-state index contributed by atoms with van der Waals surface area (Å²) in [6.07, 6.45) is -3.21. The van der Waals surface area contributed by atoms with Crippen molar-refractivity contribution >= 4 is 45.3 Å². The summed E-state index contributed by atoms with van der Waals surface area (Å²) < 4.78 is 40.4. The number of aromatic nitrogens is 1. The van der Waals surface area contributed by atoms with Crippen molar-refractivity contribution in [2.75, 3.05) is 10.2 Å². The number of amides is 1. The number of anilines is 3. The maximum Gasteiger partial charge on any atom is 0.416 e. The van der Waals surface area contributed by atoms with E-state index in [4.69, 9.17) is 0 Å². The second kappa shape index (κ2) is 9.21. The molecule has 0 radical (unpaired) electrons. The number of carboxylic acids is 1. The van der Waals surface area contributed by atoms with E-state index in [1.54, 1.807) is 0 Å². The Kier molecular flexibility index (Phi) is 6.04. The molecule has 1 aromatic heterocycles. The van der Waals surface area contributed by atoms with Gasteiger partial charge in [0.25, 0.3) is 5.91 Å². The van der Waals surface area contributed by atoms with Gasteiger partial charge in [-0.05, 0) is 37.3 Å². The number of nitrogens with zero attached hydrogens (tertiary/aromatic N) is 2. The summed E-state index contributed by atoms with van der Waals surface area (Å²) in [5, 5.41) is 14.7. The van der Waals surface area contributed by atoms with Crippen LogP contribution < -0.4 is 10.2 Å². The molecule has 6 nitrogen and oxygen atoms in total. The van der Waals surface area contributed by atoms with Crippen molar-refractivity contribution in [1.29, 1.82) is 0 Å². The quantitative estimate of drug-likeness (QED) is 0.277. The van der Waals surface area contributed by atoms with Crippen molar-refractivity contribution in [3.8, 4) is 11.3 Å². The molecule has 0 atom stereocenters. The molecule has 0 aliphatic carbocycles. The summed E-state index contributed by atoms with van der Waals surface area (Å²) in [5.74, 6) is -1.82. The molecule has 1 aliphatic rings. The van der Waals surface area contributed by atoms with E-state index in [9.17, 15) is 27.9 Å². The Labute approximate surface area is 213 Å². The summed E-state index contributed by atoms with van der Waals surface area (Å²) in [5.41, 5.74) is 2.32. The highest BCUT2D eigenvalue weighted by atomic mass is 32.1. The summed E-state index contributed by atoms with van der Waals surface area (Å²) in [6, 6.07) is 16.4. The van der Waals surface area contributed by atoms with Crippen LogP contribution in [0.15, 0.2) is 78.3 Å². The van der Waals surface area contributed by atoms with Gasteiger partial charge in [0.2, 0.25) is 0 Å². The monoisotopic (exact) mass is 521 g/mol. The third-order valence-electron chi connectivity index (χ3n) is 5.83. The molecule has 1 amide bonds. The lowest BCUT2D eigenvalue weighted by atomic mass is 10.1. The third-order valence-corrected chi connectivity index (χ3v) is 6.61. The fourth-order valence-electron chi connectivity index (χ4n) is 3.97. The summed E-state index contributed by atoms with van der Waals surface area (Å²) in [7, 11) is 0. The standard InChI is InChI=1S/C27H18F3N3O3S/c1-15-5-7-16(8-6-15)22-14-37-26(32-22)31-13-21-20-10-9-18(27(28,29)30)12-23(20)33(24(21)34)19-4-2-3-17(11-19)25(35)36/h2-14H,1H3,(H,31,32)(H,35,36). The van der Waals surface area contributed by atoms with Gasteiger partial charge in [0, 0.05) is 22.7 Å². The van der Waals surface area contributed by atoms with Crippen molar-refractivity contribution in [3.05, 3.63) is 101 Å². The zero-order valence-electron chi connectivity index (χ0n) is 19.2. The normalized spacial score (nSPS) is 14.2. The predicted octanol–water partition coefficient (Wildman–Crippen LogP) is 6.97. The van der Waals surface area contributed by atoms with Crippen molar-refractivity contribution < 1.29 is 27.9 Å². The highest BCUT2D eigenvalue weighted by Gasteiger charge is 2.38. The number of alkyl halides is 3. The number of carbonyl (C=O) groups excluding carboxylic acids is 1. The Morgan fingerprint density at radius 1 is 1.08 bits per heavy atom. The second-order valence-electron chi connectivity index (χ2n) is 8.33. The number of aryl methyl sites for hydroxylation is 1. The van der Waals surface area contributed by atoms with Crippen molar-refractivity contribution in [2.45, 2.75) is 13.1 Å². The van der Waals surface area contributed by atoms with Crippen LogP contribution in [0.2, 0.25) is 0 Å². The van der Waals surface area contributed by atoms with Gasteiger partial charge in [-0.15, -0.1) is 11.3 Å². The lowest BCUT2D eigenvalue weighted by Crippen LogP contribution is -2.21. The van der Waals surface area contributed by atoms with Crippen LogP contribution >= 0.6 is 11.3 Å². The second-order valence-corrected chi connectivity index (χ2v) is 9.19. The van der Waals surface area contributed by atoms with Crippen LogP contribution in [0.3, 0.4) is 0 Å². The Bertz CT molecular complexity index is 1560. The SMILES string of the molecule is Cc1ccc(-c2csc(NC=C3C(=O)N(c4cccc(C(=O)O)c4)c4cc(C(F)(F)F)ccc43)n2)cc1. The first kappa shape index (κ1) is 24.3. The molecule has 186 valence electrons. The van der Waals surface area contributed by atoms with Crippen LogP contribution in [0.4, 0.5) is 29.7 Å². The third kappa shape index (κ3) is 4.70. The first-order chi connectivity index (χ1) is 17.6. The number of thiazole rings is 1. The minimum Gasteiger partial charge on any atom is -0.478 e. The summed E-state index contributed by atoms with van der Waals surface area (Å²) in [6.45, 7) is 1.99. The lowest BCUT2D eigenvalue weighted by Gasteiger charge is -2.19. The smallest absolute Gasteiger partial charge is 0.416 e. The van der Waals surface area contributed by atoms with E-state index in [0.717, 1.165) is 33.9 Å². The molecule has 10 heteroatoms. The van der Waals surface area contributed by atoms with Crippen LogP contribution in [0.1, 0.15) is 27.0 Å². The van der Waals surface area contributed by atoms with Crippen LogP contribution in [0.25, 0.3) is 16.8 Å². The van der Waals surface area contributed by atoms with E-state index in [-0.39, 0.29) is 28.1 Å². The number of fused-ring (bicyclic) bond motifs is 1. The number of benzene rings is 3. The molecule has 4 aromatic rings. The van der Waals surface area contributed by atoms with Crippen LogP contribution in [0.5, 0.6) is 0 Å². The summed E-state index contributed by atoms with van der Waals surface area (Å²) >= 11 is 1.32. The van der Waals surface area contributed by atoms with E-state index in [1.807, 2.05) is 36.6 Å². The molecule has 0 bridgehead atoms. The van der Waals surface area contributed by atoms with E-state index < -0.39 is 23.6 Å². The number of hydrogen-bond donors (Lipinski definition) is 2. The maximum absolute atomic E-state index is 13.5. The fourth-order valence-corrected chi connectivity index (χ4v) is 4.66. The molecule has 0 unspecified atom stereocenters. The van der Waals surface area contributed by atoms with Crippen molar-refractivity contribution in [2.24, 2.45) is 0 Å². The maximum atomic E-state index is 13.5. The van der Waals surface area contributed by atoms with Crippen molar-refractivity contribution in [3.63, 3.8) is 0 Å². The van der Waals surface area contributed by atoms with Gasteiger partial charge in [-0.25, -0.2) is 9.78 Å². The molecular weight excluding hydrogens is 503 g/mol. The number of nitrogens with one attached hydrogen (secondary N) is 1. The molecule has 1 aliphatic heterocycles. The van der Waals surface area contributed by atoms with Gasteiger partial charge in [-0.3, -0.25) is 9.69 Å². The minimum absolute atomic E-state index is 0.00916. The Morgan fingerprint density at radius 2 is 1.84 bits per heavy atom. The minimum atomic E-state index is -4.62. The Hall–Kier alpha value is -4.44. The molecule has 2 heterocycles. The largest absolute Gasteiger partial charge is 0.478 e. The molecule has 3 aromatic carbocycles. The molecule has 2 N–H and O–H groups in total. The van der Waals surface area contributed by atoms with Crippen molar-refractivity contribution in [1.82, 2.24) is 4.98 Å². The number of rotatable bonds is 5. The van der Waals surface area contributed by atoms with Gasteiger partial charge in [0.1, 0.15) is 0 Å². The lowest BCUT2D eigenvalue weighted by molar-refractivity contribution is -0.137. The molecule has 0 spiro atoms. The molecule has 0 saturated carbocycles. The average molecular weight is 522 g/mol. The number of aromatic carboxylic acids is 1. The first-order valence-corrected chi connectivity index (χ1v) is 11.9. The number of hydrogen-bond acceptors (Lipinski definition) is 5. The highest BCUT2D eigenvalue weighted by Crippen LogP contribution is 2.44. The van der Waals surface area contributed by atoms with Gasteiger partial charge in [-0.2, -0.15) is 13.2 Å². The predicted molar refractivity (Wildman–Crippen MR) is 136 cm³/mol. The number of carbonyl (C=O) groups is 2. The summed E-state index contributed by atoms with van der Waals surface area (Å²) in [4.78, 5) is 30.5. The topological polar surface area (TPSA) is 82.5 Å². The zero-order chi connectivity index (χ0) is 26.3. The zero-order valence-corrected chi connectivity index (χ0v) is 20.0. The van der Waals surface area contributed by atoms with E-state index in [1.165, 1.54) is 47.9 Å². The Morgan fingerprint density at radius 3 is 2.54 bits per heavy atom. The molecule has 5 rings (SSSR count). The first-order valence-electron chi connectivity index (χ1n) is 11.0. The van der Waals surface area contributed by atoms with Gasteiger partial charge < -0.3 is 10.4 Å². The van der Waals surface area contributed by atoms with Crippen LogP contribution in [0, 0.1) is 6.92 Å². The van der Waals surface area contributed by atoms with Crippen LogP contribution in [-0.4, -0.2) is 22.0 Å². The van der Waals surface area contributed by atoms with Gasteiger partial charge in [0.05, 0.1) is 33.8 Å². The van der Waals surface area contributed by atoms with E-state index in [0.29, 0.717) is 5.13 Å². The molecule has 0 saturated heterocycles. The number of halogens is 3. The van der Waals surface area contributed by atoms with Gasteiger partial charge in [-0.1, -0.05) is 42.0 Å². The van der Waals surface area contributed by atoms with E-state index in [2.05, 4.69) is 10.3 Å². The van der Waals surface area contributed by atoms with Crippen LogP contribution in [-0.2, 0) is 11.0 Å². The van der Waals surface area contributed by atoms with Gasteiger partial charge >= 0.3 is 12.1 Å². The Balaban J connectivity index is 1.53. The number of carboxylic acid groups (broad SMARTS) is 1. The molecule has 0 fully saturated rings. The fraction of sp³-hybridized carbons (Fsp3) is 0.0741. The average Bonchev–Trinajstić information content (AvgIpc) is 3.44. The molecule has 37 heavy (non-hydrogen) atoms. The van der Waals surface area contributed by atoms with Gasteiger partial charge in [0.15, 0.2) is 5.13 Å². The highest BCUT2D eigenvalue weighted by molar-refractivity contribution is 7.14. The van der Waals surface area contributed by atoms with E-state index >= 15 is 0 Å². The molecular formula is C27H18F3N3O3S.